The van der Waals surface area contributed by atoms with Crippen LogP contribution in [0, 0.1) is 17.1 Å². The first-order chi connectivity index (χ1) is 8.08. The van der Waals surface area contributed by atoms with Gasteiger partial charge in [0.25, 0.3) is 0 Å². The minimum atomic E-state index is -1.30. The summed E-state index contributed by atoms with van der Waals surface area (Å²) in [7, 11) is 0. The Morgan fingerprint density at radius 2 is 2.12 bits per heavy atom. The molecule has 0 bridgehead atoms. The highest BCUT2D eigenvalue weighted by molar-refractivity contribution is 5.31. The smallest absolute Gasteiger partial charge is 0.127 e. The molecule has 1 rings (SSSR count). The summed E-state index contributed by atoms with van der Waals surface area (Å²) in [5, 5.41) is 27.6. The van der Waals surface area contributed by atoms with Crippen LogP contribution >= 0.6 is 0 Å². The van der Waals surface area contributed by atoms with Crippen molar-refractivity contribution in [1.29, 1.82) is 5.26 Å². The number of hydrogen-bond donors (Lipinski definition) is 2. The average Bonchev–Trinajstić information content (AvgIpc) is 2.28. The van der Waals surface area contributed by atoms with E-state index in [1.807, 2.05) is 0 Å². The summed E-state index contributed by atoms with van der Waals surface area (Å²) in [6.07, 6.45) is -2.76. The van der Waals surface area contributed by atoms with E-state index in [1.165, 1.54) is 12.1 Å². The van der Waals surface area contributed by atoms with Crippen molar-refractivity contribution in [3.05, 3.63) is 29.6 Å². The maximum Gasteiger partial charge on any atom is 0.127 e. The van der Waals surface area contributed by atoms with Crippen LogP contribution in [0.4, 0.5) is 4.39 Å². The number of aliphatic hydroxyl groups is 2. The number of nitriles is 1. The molecule has 2 unspecified atom stereocenters. The summed E-state index contributed by atoms with van der Waals surface area (Å²) in [6, 6.07) is 5.48. The van der Waals surface area contributed by atoms with Gasteiger partial charge in [0.15, 0.2) is 0 Å². The second-order valence-electron chi connectivity index (χ2n) is 3.53. The first-order valence-electron chi connectivity index (χ1n) is 5.24. The van der Waals surface area contributed by atoms with Crippen molar-refractivity contribution < 1.29 is 19.3 Å². The molecular weight excluding hydrogens is 225 g/mol. The molecule has 17 heavy (non-hydrogen) atoms. The van der Waals surface area contributed by atoms with Gasteiger partial charge in [0.05, 0.1) is 25.2 Å². The lowest BCUT2D eigenvalue weighted by Crippen LogP contribution is -2.17. The molecule has 0 saturated heterocycles. The molecule has 0 amide bonds. The number of hydrogen-bond acceptors (Lipinski definition) is 4. The lowest BCUT2D eigenvalue weighted by molar-refractivity contribution is 0.0213. The number of ether oxygens (including phenoxy) is 1. The van der Waals surface area contributed by atoms with Crippen LogP contribution < -0.4 is 4.74 Å². The molecule has 92 valence electrons. The normalized spacial score (nSPS) is 13.8. The van der Waals surface area contributed by atoms with Gasteiger partial charge in [-0.2, -0.15) is 5.26 Å². The Labute approximate surface area is 98.9 Å². The molecule has 4 nitrogen and oxygen atoms in total. The second kappa shape index (κ2) is 6.18. The fourth-order valence-electron chi connectivity index (χ4n) is 1.43. The van der Waals surface area contributed by atoms with Crippen molar-refractivity contribution in [2.45, 2.75) is 25.6 Å². The standard InChI is InChI=1S/C12H14FNO3/c1-2-17-10-6-8(5-9(13)7-10)12(16)11(15)3-4-14/h5-7,11-12,15-16H,2-3H2,1H3. The van der Waals surface area contributed by atoms with E-state index in [4.69, 9.17) is 10.00 Å². The van der Waals surface area contributed by atoms with Gasteiger partial charge in [-0.05, 0) is 24.6 Å². The SMILES string of the molecule is CCOc1cc(F)cc(C(O)C(O)CC#N)c1. The molecule has 0 radical (unpaired) electrons. The van der Waals surface area contributed by atoms with E-state index in [1.54, 1.807) is 13.0 Å². The Morgan fingerprint density at radius 1 is 1.41 bits per heavy atom. The lowest BCUT2D eigenvalue weighted by atomic mass is 10.0. The Bertz CT molecular complexity index is 417. The highest BCUT2D eigenvalue weighted by Crippen LogP contribution is 2.24. The van der Waals surface area contributed by atoms with Crippen LogP contribution in [0.2, 0.25) is 0 Å². The molecule has 0 fully saturated rings. The molecule has 2 N–H and O–H groups in total. The van der Waals surface area contributed by atoms with E-state index in [2.05, 4.69) is 0 Å². The number of nitrogens with zero attached hydrogens (tertiary/aromatic N) is 1. The minimum Gasteiger partial charge on any atom is -0.494 e. The minimum absolute atomic E-state index is 0.191. The Morgan fingerprint density at radius 3 is 2.71 bits per heavy atom. The molecule has 2 atom stereocenters. The van der Waals surface area contributed by atoms with E-state index in [9.17, 15) is 14.6 Å². The predicted octanol–water partition coefficient (Wildman–Crippen LogP) is 1.53. The van der Waals surface area contributed by atoms with Gasteiger partial charge in [0.2, 0.25) is 0 Å². The van der Waals surface area contributed by atoms with Crippen molar-refractivity contribution in [3.8, 4) is 11.8 Å². The van der Waals surface area contributed by atoms with Crippen LogP contribution in [-0.4, -0.2) is 22.9 Å². The number of rotatable bonds is 5. The maximum atomic E-state index is 13.2. The van der Waals surface area contributed by atoms with Crippen LogP contribution in [0.3, 0.4) is 0 Å². The first-order valence-corrected chi connectivity index (χ1v) is 5.24. The fourth-order valence-corrected chi connectivity index (χ4v) is 1.43. The van der Waals surface area contributed by atoms with Gasteiger partial charge in [-0.3, -0.25) is 0 Å². The third kappa shape index (κ3) is 3.70. The molecule has 0 saturated carbocycles. The summed E-state index contributed by atoms with van der Waals surface area (Å²) in [5.74, 6) is -0.278. The Kier molecular flexibility index (Phi) is 4.88. The molecule has 0 aliphatic heterocycles. The molecule has 0 aliphatic carbocycles. The summed E-state index contributed by atoms with van der Waals surface area (Å²) < 4.78 is 18.3. The summed E-state index contributed by atoms with van der Waals surface area (Å²) in [6.45, 7) is 2.13. The molecule has 0 heterocycles. The van der Waals surface area contributed by atoms with Gasteiger partial charge in [0, 0.05) is 6.07 Å². The average molecular weight is 239 g/mol. The zero-order chi connectivity index (χ0) is 12.8. The fraction of sp³-hybridized carbons (Fsp3) is 0.417. The van der Waals surface area contributed by atoms with E-state index in [0.29, 0.717) is 6.61 Å². The molecule has 0 aromatic heterocycles. The van der Waals surface area contributed by atoms with E-state index < -0.39 is 18.0 Å². The Hall–Kier alpha value is -1.64. The van der Waals surface area contributed by atoms with Crippen LogP contribution in [-0.2, 0) is 0 Å². The van der Waals surface area contributed by atoms with Gasteiger partial charge < -0.3 is 14.9 Å². The lowest BCUT2D eigenvalue weighted by Gasteiger charge is -2.16. The zero-order valence-corrected chi connectivity index (χ0v) is 9.43. The number of benzene rings is 1. The van der Waals surface area contributed by atoms with Gasteiger partial charge >= 0.3 is 0 Å². The number of halogens is 1. The summed E-state index contributed by atoms with van der Waals surface area (Å²) >= 11 is 0. The molecule has 0 spiro atoms. The molecular formula is C12H14FNO3. The first kappa shape index (κ1) is 13.4. The summed E-state index contributed by atoms with van der Waals surface area (Å²) in [5.41, 5.74) is 0.191. The Balaban J connectivity index is 2.93. The third-order valence-electron chi connectivity index (χ3n) is 2.21. The van der Waals surface area contributed by atoms with E-state index in [-0.39, 0.29) is 17.7 Å². The topological polar surface area (TPSA) is 73.5 Å². The molecule has 1 aromatic carbocycles. The number of aliphatic hydroxyl groups excluding tert-OH is 2. The largest absolute Gasteiger partial charge is 0.494 e. The van der Waals surface area contributed by atoms with Gasteiger partial charge in [-0.25, -0.2) is 4.39 Å². The monoisotopic (exact) mass is 239 g/mol. The van der Waals surface area contributed by atoms with Gasteiger partial charge in [-0.15, -0.1) is 0 Å². The van der Waals surface area contributed by atoms with E-state index >= 15 is 0 Å². The van der Waals surface area contributed by atoms with Crippen molar-refractivity contribution >= 4 is 0 Å². The molecule has 0 aliphatic rings. The van der Waals surface area contributed by atoms with Crippen molar-refractivity contribution in [2.24, 2.45) is 0 Å². The maximum absolute atomic E-state index is 13.2. The third-order valence-corrected chi connectivity index (χ3v) is 2.21. The predicted molar refractivity (Wildman–Crippen MR) is 58.8 cm³/mol. The molecule has 1 aromatic rings. The van der Waals surface area contributed by atoms with Crippen molar-refractivity contribution in [1.82, 2.24) is 0 Å². The van der Waals surface area contributed by atoms with Gasteiger partial charge in [-0.1, -0.05) is 0 Å². The van der Waals surface area contributed by atoms with Crippen molar-refractivity contribution in [2.75, 3.05) is 6.61 Å². The van der Waals surface area contributed by atoms with Crippen LogP contribution in [0.5, 0.6) is 5.75 Å². The van der Waals surface area contributed by atoms with Crippen LogP contribution in [0.15, 0.2) is 18.2 Å². The zero-order valence-electron chi connectivity index (χ0n) is 9.43. The summed E-state index contributed by atoms with van der Waals surface area (Å²) in [4.78, 5) is 0. The van der Waals surface area contributed by atoms with Crippen molar-refractivity contribution in [3.63, 3.8) is 0 Å². The van der Waals surface area contributed by atoms with Gasteiger partial charge in [0.1, 0.15) is 17.7 Å². The second-order valence-corrected chi connectivity index (χ2v) is 3.53. The van der Waals surface area contributed by atoms with E-state index in [0.717, 1.165) is 6.07 Å². The van der Waals surface area contributed by atoms with Crippen LogP contribution in [0.1, 0.15) is 25.0 Å². The molecule has 5 heteroatoms. The highest BCUT2D eigenvalue weighted by Gasteiger charge is 2.19. The quantitative estimate of drug-likeness (QED) is 0.817. The van der Waals surface area contributed by atoms with Crippen LogP contribution in [0.25, 0.3) is 0 Å². The highest BCUT2D eigenvalue weighted by atomic mass is 19.1.